The molecule has 0 saturated heterocycles. The Labute approximate surface area is 129 Å². The molecule has 0 aliphatic rings. The van der Waals surface area contributed by atoms with Gasteiger partial charge in [-0.05, 0) is 36.4 Å². The Morgan fingerprint density at radius 2 is 1.81 bits per heavy atom. The van der Waals surface area contributed by atoms with E-state index in [1.54, 1.807) is 13.2 Å². The van der Waals surface area contributed by atoms with Crippen molar-refractivity contribution < 1.29 is 13.9 Å². The molecule has 1 heterocycles. The van der Waals surface area contributed by atoms with E-state index in [1.165, 1.54) is 18.0 Å². The third kappa shape index (κ3) is 4.29. The average molecular weight is 305 g/mol. The molecule has 1 aromatic heterocycles. The van der Waals surface area contributed by atoms with Crippen molar-refractivity contribution in [2.45, 2.75) is 36.3 Å². The molecule has 21 heavy (non-hydrogen) atoms. The fraction of sp³-hybridized carbons (Fsp3) is 0.312. The van der Waals surface area contributed by atoms with E-state index in [9.17, 15) is 5.21 Å². The summed E-state index contributed by atoms with van der Waals surface area (Å²) in [5, 5.41) is 12.6. The first-order valence-corrected chi connectivity index (χ1v) is 7.43. The molecule has 0 fully saturated rings. The predicted molar refractivity (Wildman–Crippen MR) is 84.4 cm³/mol. The molecule has 0 atom stereocenters. The Bertz CT molecular complexity index is 624. The van der Waals surface area contributed by atoms with Crippen LogP contribution in [0.1, 0.15) is 26.5 Å². The normalized spacial score (nSPS) is 12.5. The number of rotatable bonds is 4. The van der Waals surface area contributed by atoms with Crippen molar-refractivity contribution in [3.8, 4) is 5.75 Å². The topological polar surface area (TPSA) is 48.4 Å². The van der Waals surface area contributed by atoms with Crippen LogP contribution in [0.25, 0.3) is 0 Å². The van der Waals surface area contributed by atoms with Gasteiger partial charge in [-0.3, -0.25) is 0 Å². The third-order valence-electron chi connectivity index (χ3n) is 2.79. The molecule has 5 heteroatoms. The Morgan fingerprint density at radius 1 is 1.14 bits per heavy atom. The van der Waals surface area contributed by atoms with Crippen LogP contribution in [0, 0.1) is 5.21 Å². The summed E-state index contributed by atoms with van der Waals surface area (Å²) in [6.07, 6.45) is 1.47. The maximum atomic E-state index is 11.9. The molecule has 0 radical (unpaired) electrons. The van der Waals surface area contributed by atoms with Crippen molar-refractivity contribution in [2.75, 3.05) is 7.11 Å². The number of nitrogens with zero attached hydrogens (tertiary/aromatic N) is 1. The zero-order valence-corrected chi connectivity index (χ0v) is 13.4. The van der Waals surface area contributed by atoms with E-state index in [0.29, 0.717) is 5.76 Å². The van der Waals surface area contributed by atoms with Crippen LogP contribution in [0.15, 0.2) is 50.8 Å². The highest BCUT2D eigenvalue weighted by Gasteiger charge is 2.19. The van der Waals surface area contributed by atoms with E-state index < -0.39 is 5.54 Å². The van der Waals surface area contributed by atoms with E-state index >= 15 is 0 Å². The summed E-state index contributed by atoms with van der Waals surface area (Å²) in [6, 6.07) is 11.4. The zero-order chi connectivity index (χ0) is 15.5. The Balaban J connectivity index is 2.09. The number of hydroxylamine groups is 1. The third-order valence-corrected chi connectivity index (χ3v) is 3.71. The number of hydrogen-bond acceptors (Lipinski definition) is 4. The average Bonchev–Trinajstić information content (AvgIpc) is 2.86. The molecule has 2 aromatic rings. The first kappa shape index (κ1) is 15.5. The maximum absolute atomic E-state index is 11.9. The first-order valence-electron chi connectivity index (χ1n) is 6.61. The van der Waals surface area contributed by atoms with Gasteiger partial charge in [0.1, 0.15) is 5.75 Å². The predicted octanol–water partition coefficient (Wildman–Crippen LogP) is 4.17. The van der Waals surface area contributed by atoms with Crippen LogP contribution in [-0.2, 0) is 0 Å². The zero-order valence-electron chi connectivity index (χ0n) is 12.6. The standard InChI is InChI=1S/C16H19NO3S/c1-16(2,3)17(18)11-13-7-10-15(20-13)21-14-8-5-12(19-4)6-9-14/h5-11H,1-4H3. The summed E-state index contributed by atoms with van der Waals surface area (Å²) < 4.78 is 11.7. The van der Waals surface area contributed by atoms with Crippen molar-refractivity contribution in [3.63, 3.8) is 0 Å². The molecular formula is C16H19NO3S. The molecule has 112 valence electrons. The van der Waals surface area contributed by atoms with Gasteiger partial charge in [0.25, 0.3) is 0 Å². The van der Waals surface area contributed by atoms with E-state index in [0.717, 1.165) is 20.5 Å². The van der Waals surface area contributed by atoms with E-state index in [4.69, 9.17) is 9.15 Å². The maximum Gasteiger partial charge on any atom is 0.218 e. The molecule has 0 aliphatic carbocycles. The molecule has 0 unspecified atom stereocenters. The van der Waals surface area contributed by atoms with Crippen LogP contribution in [0.4, 0.5) is 0 Å². The van der Waals surface area contributed by atoms with Gasteiger partial charge in [0.2, 0.25) is 6.21 Å². The van der Waals surface area contributed by atoms with Crippen LogP contribution in [-0.4, -0.2) is 23.6 Å². The lowest BCUT2D eigenvalue weighted by Gasteiger charge is -2.17. The summed E-state index contributed by atoms with van der Waals surface area (Å²) >= 11 is 1.50. The number of methoxy groups -OCH3 is 1. The fourth-order valence-electron chi connectivity index (χ4n) is 1.53. The van der Waals surface area contributed by atoms with Crippen LogP contribution in [0.5, 0.6) is 5.75 Å². The van der Waals surface area contributed by atoms with Gasteiger partial charge >= 0.3 is 0 Å². The second kappa shape index (κ2) is 6.26. The van der Waals surface area contributed by atoms with Gasteiger partial charge < -0.3 is 14.4 Å². The first-order chi connectivity index (χ1) is 9.88. The molecule has 0 saturated carbocycles. The summed E-state index contributed by atoms with van der Waals surface area (Å²) in [7, 11) is 1.64. The Morgan fingerprint density at radius 3 is 2.38 bits per heavy atom. The van der Waals surface area contributed by atoms with Gasteiger partial charge in [0, 0.05) is 25.7 Å². The molecular weight excluding hydrogens is 286 g/mol. The van der Waals surface area contributed by atoms with E-state index in [2.05, 4.69) is 0 Å². The van der Waals surface area contributed by atoms with Crippen LogP contribution < -0.4 is 4.74 Å². The highest BCUT2D eigenvalue weighted by Crippen LogP contribution is 2.30. The second-order valence-corrected chi connectivity index (χ2v) is 6.64. The van der Waals surface area contributed by atoms with E-state index in [-0.39, 0.29) is 0 Å². The quantitative estimate of drug-likeness (QED) is 0.368. The summed E-state index contributed by atoms with van der Waals surface area (Å²) in [4.78, 5) is 1.05. The lowest BCUT2D eigenvalue weighted by atomic mass is 10.1. The minimum absolute atomic E-state index is 0.476. The summed E-state index contributed by atoms with van der Waals surface area (Å²) in [5.41, 5.74) is -0.476. The highest BCUT2D eigenvalue weighted by molar-refractivity contribution is 7.99. The van der Waals surface area contributed by atoms with Gasteiger partial charge in [-0.25, -0.2) is 4.74 Å². The van der Waals surface area contributed by atoms with Crippen molar-refractivity contribution in [3.05, 3.63) is 47.4 Å². The van der Waals surface area contributed by atoms with Gasteiger partial charge in [0.15, 0.2) is 16.4 Å². The van der Waals surface area contributed by atoms with Gasteiger partial charge in [-0.2, -0.15) is 0 Å². The van der Waals surface area contributed by atoms with Crippen LogP contribution in [0.3, 0.4) is 0 Å². The lowest BCUT2D eigenvalue weighted by Crippen LogP contribution is -2.29. The molecule has 1 aromatic carbocycles. The molecule has 0 aliphatic heterocycles. The van der Waals surface area contributed by atoms with Crippen molar-refractivity contribution >= 4 is 18.0 Å². The van der Waals surface area contributed by atoms with Crippen molar-refractivity contribution in [1.29, 1.82) is 0 Å². The smallest absolute Gasteiger partial charge is 0.218 e. The number of benzene rings is 1. The monoisotopic (exact) mass is 305 g/mol. The second-order valence-electron chi connectivity index (χ2n) is 5.56. The largest absolute Gasteiger partial charge is 0.623 e. The van der Waals surface area contributed by atoms with Gasteiger partial charge in [-0.15, -0.1) is 0 Å². The van der Waals surface area contributed by atoms with Crippen molar-refractivity contribution in [2.24, 2.45) is 0 Å². The lowest BCUT2D eigenvalue weighted by molar-refractivity contribution is -0.530. The van der Waals surface area contributed by atoms with E-state index in [1.807, 2.05) is 51.1 Å². The highest BCUT2D eigenvalue weighted by atomic mass is 32.2. The Kier molecular flexibility index (Phi) is 4.63. The Hall–Kier alpha value is -1.88. The molecule has 2 rings (SSSR count). The van der Waals surface area contributed by atoms with Gasteiger partial charge in [-0.1, -0.05) is 11.8 Å². The minimum Gasteiger partial charge on any atom is -0.623 e. The molecule has 0 spiro atoms. The molecule has 0 bridgehead atoms. The van der Waals surface area contributed by atoms with Gasteiger partial charge in [0.05, 0.1) is 7.11 Å². The number of furan rings is 1. The fourth-order valence-corrected chi connectivity index (χ4v) is 2.31. The summed E-state index contributed by atoms with van der Waals surface area (Å²) in [5.74, 6) is 1.37. The molecule has 0 amide bonds. The van der Waals surface area contributed by atoms with Crippen LogP contribution >= 0.6 is 11.8 Å². The molecule has 4 nitrogen and oxygen atoms in total. The molecule has 0 N–H and O–H groups in total. The minimum atomic E-state index is -0.476. The number of hydrogen-bond donors (Lipinski definition) is 0. The summed E-state index contributed by atoms with van der Waals surface area (Å²) in [6.45, 7) is 5.56. The van der Waals surface area contributed by atoms with Crippen molar-refractivity contribution in [1.82, 2.24) is 0 Å². The SMILES string of the molecule is COc1ccc(Sc2ccc(C=[N+]([O-])C(C)(C)C)o2)cc1. The number of ether oxygens (including phenoxy) is 1. The van der Waals surface area contributed by atoms with Crippen LogP contribution in [0.2, 0.25) is 0 Å².